The number of oxazole rings is 1. The molecular weight excluding hydrogens is 346 g/mol. The Labute approximate surface area is 157 Å². The SMILES string of the molecule is CCc1cccc(OCCOC(=O)CCCn2c(=O)oc3ccccc32)c1. The Morgan fingerprint density at radius 3 is 2.81 bits per heavy atom. The van der Waals surface area contributed by atoms with Crippen LogP contribution in [0.5, 0.6) is 5.75 Å². The average molecular weight is 369 g/mol. The van der Waals surface area contributed by atoms with E-state index in [0.717, 1.165) is 17.7 Å². The van der Waals surface area contributed by atoms with Crippen LogP contribution in [0.25, 0.3) is 11.1 Å². The number of aryl methyl sites for hydroxylation is 2. The van der Waals surface area contributed by atoms with E-state index in [9.17, 15) is 9.59 Å². The van der Waals surface area contributed by atoms with Crippen molar-refractivity contribution in [3.05, 3.63) is 64.6 Å². The Hall–Kier alpha value is -3.02. The zero-order valence-electron chi connectivity index (χ0n) is 15.3. The minimum absolute atomic E-state index is 0.198. The van der Waals surface area contributed by atoms with Gasteiger partial charge in [0.25, 0.3) is 0 Å². The lowest BCUT2D eigenvalue weighted by Gasteiger charge is -2.08. The monoisotopic (exact) mass is 369 g/mol. The van der Waals surface area contributed by atoms with E-state index in [1.54, 1.807) is 6.07 Å². The summed E-state index contributed by atoms with van der Waals surface area (Å²) in [4.78, 5) is 23.7. The summed E-state index contributed by atoms with van der Waals surface area (Å²) in [5.41, 5.74) is 2.49. The minimum Gasteiger partial charge on any atom is -0.490 e. The predicted octanol–water partition coefficient (Wildman–Crippen LogP) is 3.56. The van der Waals surface area contributed by atoms with Crippen LogP contribution in [0.1, 0.15) is 25.3 Å². The third-order valence-corrected chi connectivity index (χ3v) is 4.26. The first-order valence-corrected chi connectivity index (χ1v) is 9.13. The fourth-order valence-corrected chi connectivity index (χ4v) is 2.85. The van der Waals surface area contributed by atoms with Gasteiger partial charge in [-0.1, -0.05) is 31.2 Å². The van der Waals surface area contributed by atoms with Gasteiger partial charge in [-0.15, -0.1) is 0 Å². The highest BCUT2D eigenvalue weighted by Crippen LogP contribution is 2.14. The van der Waals surface area contributed by atoms with Crippen LogP contribution in [0, 0.1) is 0 Å². The lowest BCUT2D eigenvalue weighted by molar-refractivity contribution is -0.144. The first kappa shape index (κ1) is 18.8. The molecule has 1 heterocycles. The first-order chi connectivity index (χ1) is 13.2. The molecule has 0 saturated heterocycles. The van der Waals surface area contributed by atoms with Gasteiger partial charge in [0.15, 0.2) is 5.58 Å². The zero-order valence-corrected chi connectivity index (χ0v) is 15.3. The van der Waals surface area contributed by atoms with Crippen LogP contribution < -0.4 is 10.5 Å². The molecule has 0 spiro atoms. The van der Waals surface area contributed by atoms with Crippen molar-refractivity contribution in [3.63, 3.8) is 0 Å². The first-order valence-electron chi connectivity index (χ1n) is 9.13. The summed E-state index contributed by atoms with van der Waals surface area (Å²) in [7, 11) is 0. The smallest absolute Gasteiger partial charge is 0.419 e. The molecule has 0 unspecified atom stereocenters. The van der Waals surface area contributed by atoms with Crippen LogP contribution in [0.15, 0.2) is 57.7 Å². The van der Waals surface area contributed by atoms with Gasteiger partial charge in [-0.2, -0.15) is 0 Å². The molecule has 0 bridgehead atoms. The molecule has 27 heavy (non-hydrogen) atoms. The highest BCUT2D eigenvalue weighted by Gasteiger charge is 2.09. The highest BCUT2D eigenvalue weighted by molar-refractivity contribution is 5.72. The van der Waals surface area contributed by atoms with Crippen LogP contribution in [0.3, 0.4) is 0 Å². The van der Waals surface area contributed by atoms with Crippen LogP contribution >= 0.6 is 0 Å². The van der Waals surface area contributed by atoms with Crippen molar-refractivity contribution in [2.24, 2.45) is 0 Å². The molecule has 0 N–H and O–H groups in total. The lowest BCUT2D eigenvalue weighted by Crippen LogP contribution is -2.16. The molecule has 0 amide bonds. The summed E-state index contributed by atoms with van der Waals surface area (Å²) in [5.74, 6) is 0.0608. The van der Waals surface area contributed by atoms with Crippen LogP contribution in [-0.4, -0.2) is 23.8 Å². The molecule has 2 aromatic carbocycles. The number of nitrogens with zero attached hydrogens (tertiary/aromatic N) is 1. The summed E-state index contributed by atoms with van der Waals surface area (Å²) in [6.45, 7) is 3.00. The van der Waals surface area contributed by atoms with E-state index in [2.05, 4.69) is 6.92 Å². The third kappa shape index (κ3) is 5.00. The number of aromatic nitrogens is 1. The topological polar surface area (TPSA) is 70.7 Å². The zero-order chi connectivity index (χ0) is 19.1. The number of fused-ring (bicyclic) bond motifs is 1. The number of esters is 1. The molecule has 0 fully saturated rings. The number of hydrogen-bond acceptors (Lipinski definition) is 5. The summed E-state index contributed by atoms with van der Waals surface area (Å²) in [6, 6.07) is 15.1. The quantitative estimate of drug-likeness (QED) is 0.426. The maximum atomic E-state index is 11.9. The van der Waals surface area contributed by atoms with Crippen LogP contribution in [-0.2, 0) is 22.5 Å². The van der Waals surface area contributed by atoms with Crippen LogP contribution in [0.2, 0.25) is 0 Å². The molecule has 3 rings (SSSR count). The Morgan fingerprint density at radius 1 is 1.11 bits per heavy atom. The molecule has 0 atom stereocenters. The number of carbonyl (C=O) groups excluding carboxylic acids is 1. The van der Waals surface area contributed by atoms with E-state index in [4.69, 9.17) is 13.9 Å². The van der Waals surface area contributed by atoms with E-state index in [0.29, 0.717) is 25.2 Å². The number of ether oxygens (including phenoxy) is 2. The normalized spacial score (nSPS) is 10.9. The number of rotatable bonds is 9. The van der Waals surface area contributed by atoms with Gasteiger partial charge in [-0.05, 0) is 42.7 Å². The standard InChI is InChI=1S/C21H23NO5/c1-2-16-7-5-8-17(15-16)25-13-14-26-20(23)11-6-12-22-18-9-3-4-10-19(18)27-21(22)24/h3-5,7-10,15H,2,6,11-14H2,1H3. The number of hydrogen-bond donors (Lipinski definition) is 0. The fourth-order valence-electron chi connectivity index (χ4n) is 2.85. The van der Waals surface area contributed by atoms with Gasteiger partial charge in [0, 0.05) is 13.0 Å². The van der Waals surface area contributed by atoms with Gasteiger partial charge in [0.05, 0.1) is 5.52 Å². The van der Waals surface area contributed by atoms with Gasteiger partial charge in [0.1, 0.15) is 19.0 Å². The average Bonchev–Trinajstić information content (AvgIpc) is 3.01. The van der Waals surface area contributed by atoms with E-state index in [-0.39, 0.29) is 19.0 Å². The van der Waals surface area contributed by atoms with Crippen molar-refractivity contribution in [2.45, 2.75) is 32.7 Å². The van der Waals surface area contributed by atoms with Gasteiger partial charge < -0.3 is 13.9 Å². The summed E-state index contributed by atoms with van der Waals surface area (Å²) >= 11 is 0. The summed E-state index contributed by atoms with van der Waals surface area (Å²) in [6.07, 6.45) is 1.68. The summed E-state index contributed by atoms with van der Waals surface area (Å²) < 4.78 is 17.5. The predicted molar refractivity (Wildman–Crippen MR) is 102 cm³/mol. The lowest BCUT2D eigenvalue weighted by atomic mass is 10.2. The Bertz CT molecular complexity index is 956. The van der Waals surface area contributed by atoms with E-state index in [1.165, 1.54) is 10.1 Å². The maximum absolute atomic E-state index is 11.9. The molecule has 6 heteroatoms. The van der Waals surface area contributed by atoms with Gasteiger partial charge in [-0.25, -0.2) is 4.79 Å². The van der Waals surface area contributed by atoms with Crippen molar-refractivity contribution in [1.82, 2.24) is 4.57 Å². The number of benzene rings is 2. The molecule has 0 aliphatic heterocycles. The second-order valence-electron chi connectivity index (χ2n) is 6.16. The fraction of sp³-hybridized carbons (Fsp3) is 0.333. The Balaban J connectivity index is 1.38. The second-order valence-corrected chi connectivity index (χ2v) is 6.16. The van der Waals surface area contributed by atoms with Crippen molar-refractivity contribution in [1.29, 1.82) is 0 Å². The highest BCUT2D eigenvalue weighted by atomic mass is 16.6. The second kappa shape index (κ2) is 9.07. The molecule has 142 valence electrons. The maximum Gasteiger partial charge on any atom is 0.419 e. The molecule has 3 aromatic rings. The van der Waals surface area contributed by atoms with E-state index >= 15 is 0 Å². The molecular formula is C21H23NO5. The molecule has 1 aromatic heterocycles. The Kier molecular flexibility index (Phi) is 6.30. The van der Waals surface area contributed by atoms with E-state index < -0.39 is 5.76 Å². The minimum atomic E-state index is -0.410. The number of para-hydroxylation sites is 2. The van der Waals surface area contributed by atoms with Crippen molar-refractivity contribution < 1.29 is 18.7 Å². The summed E-state index contributed by atoms with van der Waals surface area (Å²) in [5, 5.41) is 0. The molecule has 0 aliphatic rings. The van der Waals surface area contributed by atoms with Gasteiger partial charge >= 0.3 is 11.7 Å². The Morgan fingerprint density at radius 2 is 1.96 bits per heavy atom. The van der Waals surface area contributed by atoms with Crippen molar-refractivity contribution >= 4 is 17.1 Å². The van der Waals surface area contributed by atoms with E-state index in [1.807, 2.05) is 42.5 Å². The largest absolute Gasteiger partial charge is 0.490 e. The van der Waals surface area contributed by atoms with Crippen molar-refractivity contribution in [3.8, 4) is 5.75 Å². The molecule has 6 nitrogen and oxygen atoms in total. The molecule has 0 radical (unpaired) electrons. The van der Waals surface area contributed by atoms with Crippen LogP contribution in [0.4, 0.5) is 0 Å². The third-order valence-electron chi connectivity index (χ3n) is 4.26. The number of carbonyl (C=O) groups is 1. The van der Waals surface area contributed by atoms with Gasteiger partial charge in [-0.3, -0.25) is 9.36 Å². The molecule has 0 saturated carbocycles. The molecule has 0 aliphatic carbocycles. The van der Waals surface area contributed by atoms with Crippen molar-refractivity contribution in [2.75, 3.05) is 13.2 Å². The van der Waals surface area contributed by atoms with Gasteiger partial charge in [0.2, 0.25) is 0 Å².